The number of benzene rings is 1. The van der Waals surface area contributed by atoms with Crippen molar-refractivity contribution in [2.24, 2.45) is 10.7 Å². The summed E-state index contributed by atoms with van der Waals surface area (Å²) in [5.41, 5.74) is 6.74. The quantitative estimate of drug-likeness (QED) is 0.504. The first-order valence-corrected chi connectivity index (χ1v) is 7.11. The Morgan fingerprint density at radius 3 is 2.60 bits per heavy atom. The minimum atomic E-state index is -0.245. The van der Waals surface area contributed by atoms with Crippen molar-refractivity contribution in [3.05, 3.63) is 42.0 Å². The Kier molecular flexibility index (Phi) is 5.35. The Hall–Kier alpha value is -2.10. The van der Waals surface area contributed by atoms with Gasteiger partial charge in [0.2, 0.25) is 0 Å². The fourth-order valence-corrected chi connectivity index (χ4v) is 2.34. The van der Waals surface area contributed by atoms with E-state index in [1.54, 1.807) is 6.08 Å². The molecule has 1 fully saturated rings. The van der Waals surface area contributed by atoms with Crippen molar-refractivity contribution in [1.29, 1.82) is 0 Å². The molecule has 0 atom stereocenters. The van der Waals surface area contributed by atoms with E-state index in [1.165, 1.54) is 25.3 Å². The third kappa shape index (κ3) is 4.88. The zero-order valence-electron chi connectivity index (χ0n) is 11.6. The van der Waals surface area contributed by atoms with Crippen molar-refractivity contribution in [3.63, 3.8) is 0 Å². The standard InChI is InChI=1S/C16H21N3O/c17-16(18-14-9-5-2-6-10-14)19-15(20)12-11-13-7-3-1-4-8-13/h1,3-4,7-8,11-12,14H,2,5-6,9-10H2,(H3,17,18,19,20). The van der Waals surface area contributed by atoms with Gasteiger partial charge in [0.15, 0.2) is 5.96 Å². The molecule has 1 amide bonds. The normalized spacial score (nSPS) is 17.3. The molecular formula is C16H21N3O. The Morgan fingerprint density at radius 1 is 1.20 bits per heavy atom. The molecule has 0 saturated heterocycles. The van der Waals surface area contributed by atoms with E-state index in [2.05, 4.69) is 10.3 Å². The summed E-state index contributed by atoms with van der Waals surface area (Å²) in [4.78, 5) is 16.1. The highest BCUT2D eigenvalue weighted by molar-refractivity contribution is 6.03. The smallest absolute Gasteiger partial charge is 0.250 e. The molecule has 0 heterocycles. The van der Waals surface area contributed by atoms with Crippen molar-refractivity contribution in [1.82, 2.24) is 5.32 Å². The number of nitrogens with zero attached hydrogens (tertiary/aromatic N) is 1. The molecule has 4 nitrogen and oxygen atoms in total. The lowest BCUT2D eigenvalue weighted by Crippen LogP contribution is -2.37. The Balaban J connectivity index is 1.84. The molecule has 0 spiro atoms. The average Bonchev–Trinajstić information content (AvgIpc) is 2.47. The van der Waals surface area contributed by atoms with Gasteiger partial charge in [-0.15, -0.1) is 0 Å². The van der Waals surface area contributed by atoms with Gasteiger partial charge in [0, 0.05) is 6.08 Å². The molecule has 1 aromatic carbocycles. The Morgan fingerprint density at radius 2 is 1.90 bits per heavy atom. The number of hydrogen-bond acceptors (Lipinski definition) is 2. The van der Waals surface area contributed by atoms with Crippen molar-refractivity contribution >= 4 is 17.9 Å². The molecule has 2 rings (SSSR count). The predicted molar refractivity (Wildman–Crippen MR) is 82.1 cm³/mol. The number of guanidine groups is 1. The maximum absolute atomic E-state index is 11.7. The van der Waals surface area contributed by atoms with Crippen molar-refractivity contribution in [2.75, 3.05) is 0 Å². The number of hydrogen-bond donors (Lipinski definition) is 2. The van der Waals surface area contributed by atoms with Gasteiger partial charge in [0.25, 0.3) is 5.91 Å². The van der Waals surface area contributed by atoms with Crippen LogP contribution < -0.4 is 11.1 Å². The Labute approximate surface area is 119 Å². The molecule has 20 heavy (non-hydrogen) atoms. The predicted octanol–water partition coefficient (Wildman–Crippen LogP) is 2.46. The summed E-state index contributed by atoms with van der Waals surface area (Å²) in [6, 6.07) is 9.92. The van der Waals surface area contributed by atoms with E-state index in [0.29, 0.717) is 0 Å². The fourth-order valence-electron chi connectivity index (χ4n) is 2.34. The molecule has 0 aromatic heterocycles. The maximum atomic E-state index is 11.7. The highest BCUT2D eigenvalue weighted by Gasteiger charge is 2.12. The lowest BCUT2D eigenvalue weighted by Gasteiger charge is -2.18. The third-order valence-corrected chi connectivity index (χ3v) is 3.37. The first kappa shape index (κ1) is 14.3. The second-order valence-electron chi connectivity index (χ2n) is 5.04. The highest BCUT2D eigenvalue weighted by atomic mass is 16.1. The van der Waals surface area contributed by atoms with E-state index in [0.717, 1.165) is 18.4 Å². The minimum Gasteiger partial charge on any atom is -0.370 e. The number of nitrogens with two attached hydrogens (primary N) is 1. The monoisotopic (exact) mass is 271 g/mol. The van der Waals surface area contributed by atoms with Crippen LogP contribution in [-0.4, -0.2) is 17.9 Å². The summed E-state index contributed by atoms with van der Waals surface area (Å²) in [7, 11) is 0. The van der Waals surface area contributed by atoms with Crippen LogP contribution in [0.1, 0.15) is 37.7 Å². The molecule has 1 aliphatic carbocycles. The van der Waals surface area contributed by atoms with Gasteiger partial charge in [-0.1, -0.05) is 49.6 Å². The number of rotatable bonds is 3. The lowest BCUT2D eigenvalue weighted by atomic mass is 9.96. The second kappa shape index (κ2) is 7.48. The first-order valence-electron chi connectivity index (χ1n) is 7.11. The van der Waals surface area contributed by atoms with E-state index in [-0.39, 0.29) is 17.9 Å². The van der Waals surface area contributed by atoms with Gasteiger partial charge in [-0.05, 0) is 24.5 Å². The summed E-state index contributed by atoms with van der Waals surface area (Å²) >= 11 is 0. The van der Waals surface area contributed by atoms with Crippen LogP contribution in [0.5, 0.6) is 0 Å². The molecule has 4 heteroatoms. The minimum absolute atomic E-state index is 0.222. The molecule has 1 saturated carbocycles. The van der Waals surface area contributed by atoms with Crippen molar-refractivity contribution < 1.29 is 4.79 Å². The number of carbonyl (C=O) groups excluding carboxylic acids is 1. The van der Waals surface area contributed by atoms with E-state index >= 15 is 0 Å². The largest absolute Gasteiger partial charge is 0.370 e. The van der Waals surface area contributed by atoms with Crippen LogP contribution >= 0.6 is 0 Å². The zero-order chi connectivity index (χ0) is 14.2. The third-order valence-electron chi connectivity index (χ3n) is 3.37. The molecule has 0 bridgehead atoms. The van der Waals surface area contributed by atoms with Crippen LogP contribution in [0.15, 0.2) is 41.4 Å². The van der Waals surface area contributed by atoms with E-state index in [4.69, 9.17) is 5.73 Å². The van der Waals surface area contributed by atoms with Gasteiger partial charge >= 0.3 is 0 Å². The summed E-state index contributed by atoms with van der Waals surface area (Å²) in [5.74, 6) is -0.0227. The van der Waals surface area contributed by atoms with Crippen LogP contribution in [0, 0.1) is 0 Å². The van der Waals surface area contributed by atoms with Crippen LogP contribution in [0.25, 0.3) is 6.08 Å². The zero-order valence-corrected chi connectivity index (χ0v) is 11.6. The van der Waals surface area contributed by atoms with E-state index in [1.807, 2.05) is 30.3 Å². The van der Waals surface area contributed by atoms with Crippen LogP contribution in [0.3, 0.4) is 0 Å². The number of carbonyl (C=O) groups is 1. The van der Waals surface area contributed by atoms with Crippen molar-refractivity contribution in [3.8, 4) is 0 Å². The summed E-state index contributed by atoms with van der Waals surface area (Å²) in [6.45, 7) is 0. The van der Waals surface area contributed by atoms with Crippen LogP contribution in [-0.2, 0) is 4.79 Å². The van der Waals surface area contributed by atoms with Gasteiger partial charge < -0.3 is 5.73 Å². The molecule has 0 unspecified atom stereocenters. The lowest BCUT2D eigenvalue weighted by molar-refractivity contribution is -0.115. The summed E-state index contributed by atoms with van der Waals surface area (Å²) in [5, 5.41) is 2.60. The molecule has 1 aromatic rings. The number of nitrogens with one attached hydrogen (secondary N) is 1. The number of aliphatic imine (C=N–C) groups is 1. The summed E-state index contributed by atoms with van der Waals surface area (Å²) < 4.78 is 0. The molecule has 3 N–H and O–H groups in total. The SMILES string of the molecule is NC(=NC1CCCCC1)NC(=O)C=Cc1ccccc1. The first-order chi connectivity index (χ1) is 9.74. The highest BCUT2D eigenvalue weighted by Crippen LogP contribution is 2.19. The van der Waals surface area contributed by atoms with Gasteiger partial charge in [-0.25, -0.2) is 4.99 Å². The van der Waals surface area contributed by atoms with E-state index < -0.39 is 0 Å². The van der Waals surface area contributed by atoms with E-state index in [9.17, 15) is 4.79 Å². The number of amides is 1. The van der Waals surface area contributed by atoms with Gasteiger partial charge in [0.05, 0.1) is 6.04 Å². The average molecular weight is 271 g/mol. The molecular weight excluding hydrogens is 250 g/mol. The second-order valence-corrected chi connectivity index (χ2v) is 5.04. The fraction of sp³-hybridized carbons (Fsp3) is 0.375. The van der Waals surface area contributed by atoms with Crippen LogP contribution in [0.4, 0.5) is 0 Å². The molecule has 0 aliphatic heterocycles. The van der Waals surface area contributed by atoms with Crippen molar-refractivity contribution in [2.45, 2.75) is 38.1 Å². The molecule has 0 radical (unpaired) electrons. The molecule has 1 aliphatic rings. The Bertz CT molecular complexity index is 488. The maximum Gasteiger partial charge on any atom is 0.250 e. The van der Waals surface area contributed by atoms with Gasteiger partial charge in [0.1, 0.15) is 0 Å². The summed E-state index contributed by atoms with van der Waals surface area (Å²) in [6.07, 6.45) is 9.03. The van der Waals surface area contributed by atoms with Gasteiger partial charge in [-0.2, -0.15) is 0 Å². The topological polar surface area (TPSA) is 67.5 Å². The van der Waals surface area contributed by atoms with Crippen LogP contribution in [0.2, 0.25) is 0 Å². The molecule has 106 valence electrons. The van der Waals surface area contributed by atoms with Gasteiger partial charge in [-0.3, -0.25) is 10.1 Å².